The van der Waals surface area contributed by atoms with E-state index >= 15 is 0 Å². The average Bonchev–Trinajstić information content (AvgIpc) is 2.44. The van der Waals surface area contributed by atoms with Gasteiger partial charge in [-0.2, -0.15) is 0 Å². The maximum absolute atomic E-state index is 11.8. The minimum atomic E-state index is -0.821. The molecule has 0 aliphatic rings. The molecule has 0 fully saturated rings. The molecule has 6 heteroatoms. The monoisotopic (exact) mass is 285 g/mol. The van der Waals surface area contributed by atoms with Gasteiger partial charge in [-0.1, -0.05) is 6.07 Å². The second-order valence-electron chi connectivity index (χ2n) is 4.55. The predicted molar refractivity (Wildman–Crippen MR) is 81.0 cm³/mol. The molecule has 2 amide bonds. The number of rotatable bonds is 2. The number of benzene rings is 2. The molecule has 0 aromatic heterocycles. The summed E-state index contributed by atoms with van der Waals surface area (Å²) < 4.78 is 0. The number of anilines is 3. The van der Waals surface area contributed by atoms with Gasteiger partial charge in [0, 0.05) is 5.69 Å². The zero-order chi connectivity index (χ0) is 15.4. The lowest BCUT2D eigenvalue weighted by Gasteiger charge is -2.09. The van der Waals surface area contributed by atoms with Crippen LogP contribution in [0.15, 0.2) is 42.5 Å². The number of hydrogen-bond donors (Lipinski definition) is 4. The second-order valence-corrected chi connectivity index (χ2v) is 4.55. The molecule has 0 saturated carbocycles. The highest BCUT2D eigenvalue weighted by Gasteiger charge is 2.15. The SMILES string of the molecule is Cc1ccc(NC(=O)C(=O)Nc2ccc(O)cc2)c(N)c1. The van der Waals surface area contributed by atoms with Crippen molar-refractivity contribution >= 4 is 28.9 Å². The molecule has 108 valence electrons. The number of aromatic hydroxyl groups is 1. The molecule has 6 nitrogen and oxygen atoms in total. The summed E-state index contributed by atoms with van der Waals surface area (Å²) in [6, 6.07) is 10.9. The van der Waals surface area contributed by atoms with Gasteiger partial charge in [-0.25, -0.2) is 0 Å². The Labute approximate surface area is 121 Å². The van der Waals surface area contributed by atoms with Crippen LogP contribution in [0, 0.1) is 6.92 Å². The predicted octanol–water partition coefficient (Wildman–Crippen LogP) is 1.86. The van der Waals surface area contributed by atoms with Crippen LogP contribution in [-0.2, 0) is 9.59 Å². The number of hydrogen-bond acceptors (Lipinski definition) is 4. The van der Waals surface area contributed by atoms with E-state index in [1.807, 2.05) is 6.92 Å². The number of aryl methyl sites for hydroxylation is 1. The molecule has 2 aromatic carbocycles. The van der Waals surface area contributed by atoms with Gasteiger partial charge in [0.15, 0.2) is 0 Å². The zero-order valence-electron chi connectivity index (χ0n) is 11.4. The van der Waals surface area contributed by atoms with Gasteiger partial charge in [-0.15, -0.1) is 0 Å². The third-order valence-corrected chi connectivity index (χ3v) is 2.79. The van der Waals surface area contributed by atoms with Gasteiger partial charge < -0.3 is 21.5 Å². The Bertz CT molecular complexity index is 681. The fraction of sp³-hybridized carbons (Fsp3) is 0.0667. The van der Waals surface area contributed by atoms with Crippen molar-refractivity contribution in [3.8, 4) is 5.75 Å². The van der Waals surface area contributed by atoms with Crippen LogP contribution in [0.25, 0.3) is 0 Å². The maximum atomic E-state index is 11.8. The van der Waals surface area contributed by atoms with Crippen molar-refractivity contribution in [3.05, 3.63) is 48.0 Å². The Balaban J connectivity index is 2.02. The van der Waals surface area contributed by atoms with E-state index < -0.39 is 11.8 Å². The van der Waals surface area contributed by atoms with Gasteiger partial charge in [-0.05, 0) is 48.9 Å². The van der Waals surface area contributed by atoms with Crippen LogP contribution in [0.2, 0.25) is 0 Å². The minimum absolute atomic E-state index is 0.0740. The molecule has 21 heavy (non-hydrogen) atoms. The Kier molecular flexibility index (Phi) is 4.08. The molecule has 0 unspecified atom stereocenters. The van der Waals surface area contributed by atoms with Crippen molar-refractivity contribution in [1.82, 2.24) is 0 Å². The van der Waals surface area contributed by atoms with E-state index in [-0.39, 0.29) is 5.75 Å². The van der Waals surface area contributed by atoms with E-state index in [2.05, 4.69) is 10.6 Å². The van der Waals surface area contributed by atoms with E-state index in [1.54, 1.807) is 18.2 Å². The Morgan fingerprint density at radius 2 is 1.62 bits per heavy atom. The van der Waals surface area contributed by atoms with Crippen molar-refractivity contribution in [2.24, 2.45) is 0 Å². The second kappa shape index (κ2) is 5.96. The number of nitrogens with one attached hydrogen (secondary N) is 2. The van der Waals surface area contributed by atoms with Crippen LogP contribution in [0.4, 0.5) is 17.1 Å². The summed E-state index contributed by atoms with van der Waals surface area (Å²) in [7, 11) is 0. The highest BCUT2D eigenvalue weighted by Crippen LogP contribution is 2.19. The lowest BCUT2D eigenvalue weighted by molar-refractivity contribution is -0.132. The first kappa shape index (κ1) is 14.4. The van der Waals surface area contributed by atoms with Crippen LogP contribution in [0.3, 0.4) is 0 Å². The first-order chi connectivity index (χ1) is 9.95. The number of amides is 2. The maximum Gasteiger partial charge on any atom is 0.314 e. The number of carbonyl (C=O) groups is 2. The molecule has 0 radical (unpaired) electrons. The van der Waals surface area contributed by atoms with Gasteiger partial charge >= 0.3 is 11.8 Å². The molecule has 0 heterocycles. The van der Waals surface area contributed by atoms with Crippen LogP contribution >= 0.6 is 0 Å². The molecule has 2 aromatic rings. The van der Waals surface area contributed by atoms with Crippen LogP contribution in [-0.4, -0.2) is 16.9 Å². The molecule has 0 spiro atoms. The summed E-state index contributed by atoms with van der Waals surface area (Å²) in [5, 5.41) is 14.0. The molecule has 0 aliphatic heterocycles. The van der Waals surface area contributed by atoms with E-state index in [0.717, 1.165) is 5.56 Å². The molecule has 0 aliphatic carbocycles. The third-order valence-electron chi connectivity index (χ3n) is 2.79. The van der Waals surface area contributed by atoms with Gasteiger partial charge in [0.1, 0.15) is 5.75 Å². The summed E-state index contributed by atoms with van der Waals surface area (Å²) in [4.78, 5) is 23.5. The summed E-state index contributed by atoms with van der Waals surface area (Å²) in [6.45, 7) is 1.87. The van der Waals surface area contributed by atoms with E-state index in [4.69, 9.17) is 10.8 Å². The lowest BCUT2D eigenvalue weighted by Crippen LogP contribution is -2.29. The Morgan fingerprint density at radius 1 is 1.00 bits per heavy atom. The third kappa shape index (κ3) is 3.73. The highest BCUT2D eigenvalue weighted by atomic mass is 16.3. The fourth-order valence-corrected chi connectivity index (χ4v) is 1.71. The Morgan fingerprint density at radius 3 is 2.24 bits per heavy atom. The zero-order valence-corrected chi connectivity index (χ0v) is 11.4. The smallest absolute Gasteiger partial charge is 0.314 e. The van der Waals surface area contributed by atoms with Gasteiger partial charge in [0.25, 0.3) is 0 Å². The van der Waals surface area contributed by atoms with Gasteiger partial charge in [0.2, 0.25) is 0 Å². The number of phenols is 1. The molecular formula is C15H15N3O3. The topological polar surface area (TPSA) is 104 Å². The van der Waals surface area contributed by atoms with E-state index in [1.165, 1.54) is 24.3 Å². The summed E-state index contributed by atoms with van der Waals surface area (Å²) in [5.74, 6) is -1.57. The van der Waals surface area contributed by atoms with E-state index in [0.29, 0.717) is 17.1 Å². The number of nitrogen functional groups attached to an aromatic ring is 1. The minimum Gasteiger partial charge on any atom is -0.508 e. The van der Waals surface area contributed by atoms with Crippen molar-refractivity contribution in [1.29, 1.82) is 0 Å². The molecule has 5 N–H and O–H groups in total. The fourth-order valence-electron chi connectivity index (χ4n) is 1.71. The largest absolute Gasteiger partial charge is 0.508 e. The Hall–Kier alpha value is -3.02. The van der Waals surface area contributed by atoms with Crippen molar-refractivity contribution in [3.63, 3.8) is 0 Å². The number of carbonyl (C=O) groups excluding carboxylic acids is 2. The van der Waals surface area contributed by atoms with Crippen molar-refractivity contribution < 1.29 is 14.7 Å². The molecule has 0 saturated heterocycles. The summed E-state index contributed by atoms with van der Waals surface area (Å²) in [6.07, 6.45) is 0. The summed E-state index contributed by atoms with van der Waals surface area (Å²) >= 11 is 0. The van der Waals surface area contributed by atoms with Crippen LogP contribution in [0.1, 0.15) is 5.56 Å². The van der Waals surface area contributed by atoms with Gasteiger partial charge in [0.05, 0.1) is 11.4 Å². The van der Waals surface area contributed by atoms with Crippen LogP contribution in [0.5, 0.6) is 5.75 Å². The number of nitrogens with two attached hydrogens (primary N) is 1. The first-order valence-corrected chi connectivity index (χ1v) is 6.23. The summed E-state index contributed by atoms with van der Waals surface area (Å²) in [5.41, 5.74) is 7.90. The molecular weight excluding hydrogens is 270 g/mol. The lowest BCUT2D eigenvalue weighted by atomic mass is 10.2. The van der Waals surface area contributed by atoms with Crippen molar-refractivity contribution in [2.45, 2.75) is 6.92 Å². The highest BCUT2D eigenvalue weighted by molar-refractivity contribution is 6.43. The molecule has 2 rings (SSSR count). The number of phenolic OH excluding ortho intramolecular Hbond substituents is 1. The standard InChI is InChI=1S/C15H15N3O3/c1-9-2-7-13(12(16)8-9)18-15(21)14(20)17-10-3-5-11(19)6-4-10/h2-8,19H,16H2,1H3,(H,17,20)(H,18,21). The molecule has 0 atom stereocenters. The average molecular weight is 285 g/mol. The van der Waals surface area contributed by atoms with E-state index in [9.17, 15) is 9.59 Å². The van der Waals surface area contributed by atoms with Crippen molar-refractivity contribution in [2.75, 3.05) is 16.4 Å². The van der Waals surface area contributed by atoms with Crippen LogP contribution < -0.4 is 16.4 Å². The quantitative estimate of drug-likeness (QED) is 0.384. The van der Waals surface area contributed by atoms with Gasteiger partial charge in [-0.3, -0.25) is 9.59 Å². The first-order valence-electron chi connectivity index (χ1n) is 6.23. The molecule has 0 bridgehead atoms. The normalized spacial score (nSPS) is 9.95.